The summed E-state index contributed by atoms with van der Waals surface area (Å²) in [4.78, 5) is 9.06. The van der Waals surface area contributed by atoms with Crippen LogP contribution in [0.1, 0.15) is 25.5 Å². The molecule has 1 saturated heterocycles. The van der Waals surface area contributed by atoms with E-state index in [1.165, 1.54) is 6.26 Å². The van der Waals surface area contributed by atoms with Crippen LogP contribution in [0.25, 0.3) is 11.4 Å². The summed E-state index contributed by atoms with van der Waals surface area (Å²) in [5.41, 5.74) is 2.75. The van der Waals surface area contributed by atoms with Crippen molar-refractivity contribution in [3.8, 4) is 11.4 Å². The molecule has 2 aromatic rings. The Kier molecular flexibility index (Phi) is 4.96. The van der Waals surface area contributed by atoms with E-state index in [2.05, 4.69) is 15.1 Å². The number of sulfonamides is 1. The Labute approximate surface area is 142 Å². The minimum atomic E-state index is -3.06. The molecule has 24 heavy (non-hydrogen) atoms. The van der Waals surface area contributed by atoms with Gasteiger partial charge in [-0.1, -0.05) is 0 Å². The molecule has 3 heterocycles. The van der Waals surface area contributed by atoms with Gasteiger partial charge < -0.3 is 0 Å². The van der Waals surface area contributed by atoms with Crippen molar-refractivity contribution in [2.24, 2.45) is 5.92 Å². The summed E-state index contributed by atoms with van der Waals surface area (Å²) in [6.07, 6.45) is 9.26. The molecule has 0 amide bonds. The van der Waals surface area contributed by atoms with Crippen LogP contribution in [0.5, 0.6) is 0 Å². The molecule has 0 atom stereocenters. The number of nitrogens with zero attached hydrogens (tertiary/aromatic N) is 5. The molecule has 7 nitrogen and oxygen atoms in total. The van der Waals surface area contributed by atoms with E-state index < -0.39 is 10.0 Å². The third kappa shape index (κ3) is 3.81. The maximum atomic E-state index is 11.6. The minimum absolute atomic E-state index is 0.462. The lowest BCUT2D eigenvalue weighted by atomic mass is 9.93. The van der Waals surface area contributed by atoms with Crippen LogP contribution in [-0.4, -0.2) is 51.8 Å². The number of hydrogen-bond acceptors (Lipinski definition) is 5. The van der Waals surface area contributed by atoms with E-state index in [0.717, 1.165) is 42.9 Å². The van der Waals surface area contributed by atoms with Crippen molar-refractivity contribution in [3.05, 3.63) is 30.4 Å². The van der Waals surface area contributed by atoms with E-state index in [9.17, 15) is 8.42 Å². The fourth-order valence-corrected chi connectivity index (χ4v) is 4.01. The molecule has 1 aliphatic heterocycles. The van der Waals surface area contributed by atoms with Crippen molar-refractivity contribution >= 4 is 10.0 Å². The van der Waals surface area contributed by atoms with Gasteiger partial charge in [0, 0.05) is 32.0 Å². The molecule has 0 radical (unpaired) electrons. The Morgan fingerprint density at radius 2 is 1.96 bits per heavy atom. The number of rotatable bonds is 5. The summed E-state index contributed by atoms with van der Waals surface area (Å²) < 4.78 is 26.6. The van der Waals surface area contributed by atoms with E-state index in [0.29, 0.717) is 19.0 Å². The topological polar surface area (TPSA) is 81.0 Å². The van der Waals surface area contributed by atoms with Gasteiger partial charge >= 0.3 is 0 Å². The molecule has 3 rings (SSSR count). The molecule has 1 aliphatic rings. The molecule has 8 heteroatoms. The van der Waals surface area contributed by atoms with E-state index in [4.69, 9.17) is 0 Å². The zero-order valence-corrected chi connectivity index (χ0v) is 14.9. The quantitative estimate of drug-likeness (QED) is 0.818. The third-order valence-corrected chi connectivity index (χ3v) is 5.83. The molecule has 0 unspecified atom stereocenters. The predicted molar refractivity (Wildman–Crippen MR) is 91.8 cm³/mol. The lowest BCUT2D eigenvalue weighted by Gasteiger charge is -2.29. The Hall–Kier alpha value is -1.80. The van der Waals surface area contributed by atoms with Crippen LogP contribution in [0.15, 0.2) is 24.7 Å². The van der Waals surface area contributed by atoms with Gasteiger partial charge in [-0.3, -0.25) is 14.6 Å². The van der Waals surface area contributed by atoms with Crippen molar-refractivity contribution < 1.29 is 8.42 Å². The highest BCUT2D eigenvalue weighted by molar-refractivity contribution is 7.88. The molecule has 0 N–H and O–H groups in total. The van der Waals surface area contributed by atoms with Gasteiger partial charge in [0.2, 0.25) is 10.0 Å². The molecule has 0 saturated carbocycles. The summed E-state index contributed by atoms with van der Waals surface area (Å²) in [6.45, 7) is 4.04. The molecule has 0 aromatic carbocycles. The highest BCUT2D eigenvalue weighted by atomic mass is 32.2. The van der Waals surface area contributed by atoms with Crippen LogP contribution < -0.4 is 0 Å². The molecule has 0 spiro atoms. The summed E-state index contributed by atoms with van der Waals surface area (Å²) in [5.74, 6) is 0.462. The van der Waals surface area contributed by atoms with Crippen molar-refractivity contribution in [1.82, 2.24) is 24.1 Å². The molecule has 0 bridgehead atoms. The van der Waals surface area contributed by atoms with Crippen LogP contribution >= 0.6 is 0 Å². The van der Waals surface area contributed by atoms with Crippen molar-refractivity contribution in [2.45, 2.75) is 32.7 Å². The second-order valence-electron chi connectivity index (χ2n) is 6.23. The van der Waals surface area contributed by atoms with Gasteiger partial charge in [-0.2, -0.15) is 5.10 Å². The van der Waals surface area contributed by atoms with Gasteiger partial charge in [-0.15, -0.1) is 0 Å². The average molecular weight is 349 g/mol. The van der Waals surface area contributed by atoms with E-state index in [1.54, 1.807) is 16.7 Å². The second-order valence-corrected chi connectivity index (χ2v) is 8.22. The van der Waals surface area contributed by atoms with Gasteiger partial charge in [0.1, 0.15) is 5.69 Å². The average Bonchev–Trinajstić information content (AvgIpc) is 3.04. The van der Waals surface area contributed by atoms with Crippen molar-refractivity contribution in [3.63, 3.8) is 0 Å². The number of hydrogen-bond donors (Lipinski definition) is 0. The normalized spacial score (nSPS) is 17.2. The zero-order valence-electron chi connectivity index (χ0n) is 14.1. The maximum absolute atomic E-state index is 11.6. The number of aromatic nitrogens is 4. The fraction of sp³-hybridized carbons (Fsp3) is 0.562. The van der Waals surface area contributed by atoms with Crippen LogP contribution in [0.3, 0.4) is 0 Å². The van der Waals surface area contributed by atoms with Crippen molar-refractivity contribution in [2.75, 3.05) is 19.3 Å². The largest absolute Gasteiger partial charge is 0.264 e. The first-order valence-electron chi connectivity index (χ1n) is 8.25. The number of aryl methyl sites for hydroxylation is 1. The summed E-state index contributed by atoms with van der Waals surface area (Å²) in [5, 5.41) is 4.25. The first-order chi connectivity index (χ1) is 11.5. The fourth-order valence-electron chi connectivity index (χ4n) is 3.14. The van der Waals surface area contributed by atoms with Gasteiger partial charge in [-0.05, 0) is 38.2 Å². The third-order valence-electron chi connectivity index (χ3n) is 4.52. The Balaban J connectivity index is 1.61. The standard InChI is InChI=1S/C16H23N5O2S/c1-3-21-16(4-7-19-21)15-12-17-14(11-18-15)10-13-5-8-20(9-6-13)24(2,22)23/h4,7,11-13H,3,5-6,8-10H2,1-2H3. The lowest BCUT2D eigenvalue weighted by molar-refractivity contribution is 0.273. The van der Waals surface area contributed by atoms with E-state index >= 15 is 0 Å². The molecular weight excluding hydrogens is 326 g/mol. The maximum Gasteiger partial charge on any atom is 0.211 e. The summed E-state index contributed by atoms with van der Waals surface area (Å²) in [6, 6.07) is 1.94. The Morgan fingerprint density at radius 1 is 1.21 bits per heavy atom. The van der Waals surface area contributed by atoms with Gasteiger partial charge in [0.15, 0.2) is 0 Å². The van der Waals surface area contributed by atoms with Crippen molar-refractivity contribution in [1.29, 1.82) is 0 Å². The zero-order chi connectivity index (χ0) is 17.2. The number of piperidine rings is 1. The lowest BCUT2D eigenvalue weighted by Crippen LogP contribution is -2.38. The highest BCUT2D eigenvalue weighted by Crippen LogP contribution is 2.23. The van der Waals surface area contributed by atoms with Crippen LogP contribution in [-0.2, 0) is 23.0 Å². The monoisotopic (exact) mass is 349 g/mol. The Bertz CT molecular complexity index is 777. The Morgan fingerprint density at radius 3 is 2.54 bits per heavy atom. The summed E-state index contributed by atoms with van der Waals surface area (Å²) in [7, 11) is -3.06. The smallest absolute Gasteiger partial charge is 0.211 e. The minimum Gasteiger partial charge on any atom is -0.264 e. The second kappa shape index (κ2) is 6.98. The SMILES string of the molecule is CCn1nccc1-c1cnc(CC2CCN(S(C)(=O)=O)CC2)cn1. The molecule has 0 aliphatic carbocycles. The van der Waals surface area contributed by atoms with Crippen LogP contribution in [0.2, 0.25) is 0 Å². The highest BCUT2D eigenvalue weighted by Gasteiger charge is 2.25. The first kappa shape index (κ1) is 17.0. The van der Waals surface area contributed by atoms with Gasteiger partial charge in [0.05, 0.1) is 23.8 Å². The van der Waals surface area contributed by atoms with Gasteiger partial charge in [-0.25, -0.2) is 12.7 Å². The summed E-state index contributed by atoms with van der Waals surface area (Å²) >= 11 is 0. The van der Waals surface area contributed by atoms with Crippen LogP contribution in [0.4, 0.5) is 0 Å². The molecule has 1 fully saturated rings. The first-order valence-corrected chi connectivity index (χ1v) is 10.1. The predicted octanol–water partition coefficient (Wildman–Crippen LogP) is 1.57. The molecule has 2 aromatic heterocycles. The van der Waals surface area contributed by atoms with Gasteiger partial charge in [0.25, 0.3) is 0 Å². The van der Waals surface area contributed by atoms with Crippen LogP contribution in [0, 0.1) is 5.92 Å². The molecule has 130 valence electrons. The van der Waals surface area contributed by atoms with E-state index in [1.807, 2.05) is 23.9 Å². The molecular formula is C16H23N5O2S. The van der Waals surface area contributed by atoms with E-state index in [-0.39, 0.29) is 0 Å².